The maximum atomic E-state index is 10.8. The first-order valence-corrected chi connectivity index (χ1v) is 2.74. The Morgan fingerprint density at radius 3 is 2.56 bits per heavy atom. The van der Waals surface area contributed by atoms with Gasteiger partial charge >= 0.3 is 0 Å². The van der Waals surface area contributed by atoms with Gasteiger partial charge in [0.2, 0.25) is 0 Å². The van der Waals surface area contributed by atoms with E-state index < -0.39 is 5.66 Å². The standard InChI is InChI=1S/C6H9N2O/c1-6(7)4-2-3-5-8(6)9/h2-5H,7H2,1H3/q-1. The van der Waals surface area contributed by atoms with Crippen molar-refractivity contribution in [2.75, 3.05) is 0 Å². The summed E-state index contributed by atoms with van der Waals surface area (Å²) < 4.78 is 0. The van der Waals surface area contributed by atoms with Crippen LogP contribution in [0.3, 0.4) is 0 Å². The zero-order chi connectivity index (χ0) is 6.91. The molecule has 0 spiro atoms. The van der Waals surface area contributed by atoms with Gasteiger partial charge < -0.3 is 16.0 Å². The molecule has 0 saturated heterocycles. The molecule has 0 bridgehead atoms. The molecule has 2 N–H and O–H groups in total. The number of hydrogen-bond donors (Lipinski definition) is 1. The Labute approximate surface area is 54.0 Å². The predicted molar refractivity (Wildman–Crippen MR) is 36.1 cm³/mol. The van der Waals surface area contributed by atoms with Gasteiger partial charge in [-0.2, -0.15) is 0 Å². The number of nitrogens with zero attached hydrogens (tertiary/aromatic N) is 1. The minimum atomic E-state index is -0.852. The molecule has 0 amide bonds. The lowest BCUT2D eigenvalue weighted by Crippen LogP contribution is -2.47. The van der Waals surface area contributed by atoms with Gasteiger partial charge in [0.1, 0.15) is 0 Å². The monoisotopic (exact) mass is 125 g/mol. The van der Waals surface area contributed by atoms with E-state index in [-0.39, 0.29) is 0 Å². The summed E-state index contributed by atoms with van der Waals surface area (Å²) in [6.07, 6.45) is 6.47. The molecule has 0 aromatic carbocycles. The van der Waals surface area contributed by atoms with Crippen LogP contribution in [0.4, 0.5) is 0 Å². The van der Waals surface area contributed by atoms with Crippen LogP contribution in [0.2, 0.25) is 0 Å². The van der Waals surface area contributed by atoms with Crippen molar-refractivity contribution in [1.82, 2.24) is 5.06 Å². The quantitative estimate of drug-likeness (QED) is 0.514. The first kappa shape index (κ1) is 6.32. The fraction of sp³-hybridized carbons (Fsp3) is 0.333. The highest BCUT2D eigenvalue weighted by atomic mass is 16.5. The molecule has 0 aromatic rings. The average Bonchev–Trinajstić information content (AvgIpc) is 1.77. The molecule has 0 saturated carbocycles. The van der Waals surface area contributed by atoms with Gasteiger partial charge in [-0.1, -0.05) is 6.08 Å². The van der Waals surface area contributed by atoms with Crippen molar-refractivity contribution in [3.8, 4) is 0 Å². The SMILES string of the molecule is CC1(N)C=CC=CN1[O-]. The lowest BCUT2D eigenvalue weighted by Gasteiger charge is -2.42. The first-order chi connectivity index (χ1) is 4.13. The van der Waals surface area contributed by atoms with Crippen molar-refractivity contribution in [1.29, 1.82) is 0 Å². The summed E-state index contributed by atoms with van der Waals surface area (Å²) in [5, 5.41) is 11.5. The Morgan fingerprint density at radius 1 is 1.56 bits per heavy atom. The van der Waals surface area contributed by atoms with Crippen LogP contribution in [-0.2, 0) is 0 Å². The van der Waals surface area contributed by atoms with E-state index in [9.17, 15) is 5.21 Å². The molecule has 1 aliphatic heterocycles. The number of hydroxylamine groups is 2. The van der Waals surface area contributed by atoms with Crippen molar-refractivity contribution in [2.45, 2.75) is 12.6 Å². The van der Waals surface area contributed by atoms with Gasteiger partial charge in [0, 0.05) is 0 Å². The van der Waals surface area contributed by atoms with E-state index in [1.807, 2.05) is 0 Å². The molecule has 1 aliphatic rings. The molecule has 0 aromatic heterocycles. The largest absolute Gasteiger partial charge is 0.757 e. The van der Waals surface area contributed by atoms with Crippen LogP contribution in [0.1, 0.15) is 6.92 Å². The minimum absolute atomic E-state index is 0.715. The van der Waals surface area contributed by atoms with Crippen LogP contribution < -0.4 is 5.73 Å². The molecule has 0 fully saturated rings. The zero-order valence-corrected chi connectivity index (χ0v) is 5.24. The third kappa shape index (κ3) is 1.12. The van der Waals surface area contributed by atoms with Gasteiger partial charge in [0.05, 0.1) is 5.66 Å². The third-order valence-electron chi connectivity index (χ3n) is 1.24. The second kappa shape index (κ2) is 1.86. The molecule has 50 valence electrons. The summed E-state index contributed by atoms with van der Waals surface area (Å²) in [4.78, 5) is 0. The lowest BCUT2D eigenvalue weighted by atomic mass is 10.1. The van der Waals surface area contributed by atoms with Crippen molar-refractivity contribution in [3.05, 3.63) is 29.6 Å². The maximum absolute atomic E-state index is 10.8. The number of allylic oxidation sites excluding steroid dienone is 2. The Bertz CT molecular complexity index is 160. The fourth-order valence-electron chi connectivity index (χ4n) is 0.612. The van der Waals surface area contributed by atoms with Gasteiger partial charge in [-0.15, -0.1) is 0 Å². The van der Waals surface area contributed by atoms with E-state index in [2.05, 4.69) is 0 Å². The summed E-state index contributed by atoms with van der Waals surface area (Å²) in [7, 11) is 0. The summed E-state index contributed by atoms with van der Waals surface area (Å²) >= 11 is 0. The summed E-state index contributed by atoms with van der Waals surface area (Å²) in [5.41, 5.74) is 4.64. The first-order valence-electron chi connectivity index (χ1n) is 2.74. The molecule has 0 aliphatic carbocycles. The summed E-state index contributed by atoms with van der Waals surface area (Å²) in [6.45, 7) is 1.65. The van der Waals surface area contributed by atoms with Gasteiger partial charge in [-0.3, -0.25) is 0 Å². The molecule has 1 rings (SSSR count). The topological polar surface area (TPSA) is 52.3 Å². The van der Waals surface area contributed by atoms with Crippen molar-refractivity contribution >= 4 is 0 Å². The lowest BCUT2D eigenvalue weighted by molar-refractivity contribution is 0.299. The van der Waals surface area contributed by atoms with Gasteiger partial charge in [0.25, 0.3) is 0 Å². The molecule has 1 atom stereocenters. The predicted octanol–water partition coefficient (Wildman–Crippen LogP) is 0.545. The normalized spacial score (nSPS) is 33.4. The fourth-order valence-corrected chi connectivity index (χ4v) is 0.612. The molecule has 1 unspecified atom stereocenters. The highest BCUT2D eigenvalue weighted by Gasteiger charge is 2.14. The Kier molecular flexibility index (Phi) is 1.31. The van der Waals surface area contributed by atoms with Crippen LogP contribution in [0.5, 0.6) is 0 Å². The molecule has 0 radical (unpaired) electrons. The van der Waals surface area contributed by atoms with E-state index in [1.54, 1.807) is 25.2 Å². The van der Waals surface area contributed by atoms with Gasteiger partial charge in [-0.25, -0.2) is 0 Å². The minimum Gasteiger partial charge on any atom is -0.757 e. The molecule has 9 heavy (non-hydrogen) atoms. The Morgan fingerprint density at radius 2 is 2.22 bits per heavy atom. The van der Waals surface area contributed by atoms with Crippen molar-refractivity contribution < 1.29 is 0 Å². The highest BCUT2D eigenvalue weighted by Crippen LogP contribution is 2.12. The van der Waals surface area contributed by atoms with Gasteiger partial charge in [0.15, 0.2) is 0 Å². The highest BCUT2D eigenvalue weighted by molar-refractivity contribution is 5.17. The smallest absolute Gasteiger partial charge is 0.0942 e. The van der Waals surface area contributed by atoms with Gasteiger partial charge in [-0.05, 0) is 25.3 Å². The average molecular weight is 125 g/mol. The van der Waals surface area contributed by atoms with Crippen LogP contribution >= 0.6 is 0 Å². The van der Waals surface area contributed by atoms with Crippen molar-refractivity contribution in [2.24, 2.45) is 5.73 Å². The zero-order valence-electron chi connectivity index (χ0n) is 5.24. The molecule has 3 heteroatoms. The number of nitrogens with two attached hydrogens (primary N) is 1. The second-order valence-electron chi connectivity index (χ2n) is 2.25. The van der Waals surface area contributed by atoms with E-state index in [1.165, 1.54) is 6.20 Å². The molecule has 1 heterocycles. The summed E-state index contributed by atoms with van der Waals surface area (Å²) in [6, 6.07) is 0. The van der Waals surface area contributed by atoms with Crippen LogP contribution in [0.25, 0.3) is 0 Å². The number of rotatable bonds is 0. The second-order valence-corrected chi connectivity index (χ2v) is 2.25. The number of hydrogen-bond acceptors (Lipinski definition) is 3. The van der Waals surface area contributed by atoms with Crippen LogP contribution in [-0.4, -0.2) is 10.7 Å². The Balaban J connectivity index is 2.78. The van der Waals surface area contributed by atoms with Crippen LogP contribution in [0, 0.1) is 5.21 Å². The summed E-state index contributed by atoms with van der Waals surface area (Å²) in [5.74, 6) is 0. The van der Waals surface area contributed by atoms with E-state index in [0.717, 1.165) is 0 Å². The maximum Gasteiger partial charge on any atom is 0.0942 e. The Hall–Kier alpha value is -0.800. The third-order valence-corrected chi connectivity index (χ3v) is 1.24. The molecule has 3 nitrogen and oxygen atoms in total. The molecular weight excluding hydrogens is 116 g/mol. The van der Waals surface area contributed by atoms with Crippen LogP contribution in [0.15, 0.2) is 24.4 Å². The van der Waals surface area contributed by atoms with Crippen molar-refractivity contribution in [3.63, 3.8) is 0 Å². The van der Waals surface area contributed by atoms with E-state index >= 15 is 0 Å². The van der Waals surface area contributed by atoms with E-state index in [0.29, 0.717) is 5.06 Å². The molecular formula is C6H9N2O-. The van der Waals surface area contributed by atoms with E-state index in [4.69, 9.17) is 5.73 Å².